The molecule has 0 heterocycles. The normalized spacial score (nSPS) is 19.9. The van der Waals surface area contributed by atoms with Crippen molar-refractivity contribution in [3.05, 3.63) is 70.7 Å². The van der Waals surface area contributed by atoms with E-state index in [-0.39, 0.29) is 40.3 Å². The molecule has 0 N–H and O–H groups in total. The number of allylic oxidation sites excluding steroid dienone is 2. The van der Waals surface area contributed by atoms with E-state index in [0.717, 1.165) is 6.42 Å². The standard InChI is InChI=1S/C25H21FO4/c1-3-7-15-12-19(26)21(20(13-15)29-2)22-23(27)17-10-11-18(14-17)24(22)30-25(28)16-8-5-4-6-9-16/h4-6,8-9,12-13,17-18H,10-11,14H2,1-2H3. The molecule has 2 aliphatic rings. The van der Waals surface area contributed by atoms with Gasteiger partial charge in [0.1, 0.15) is 17.3 Å². The first kappa shape index (κ1) is 19.9. The molecule has 4 nitrogen and oxygen atoms in total. The summed E-state index contributed by atoms with van der Waals surface area (Å²) in [6, 6.07) is 11.4. The molecular weight excluding hydrogens is 383 g/mol. The van der Waals surface area contributed by atoms with Crippen molar-refractivity contribution in [3.8, 4) is 17.6 Å². The molecule has 0 spiro atoms. The van der Waals surface area contributed by atoms with Crippen LogP contribution in [0.15, 0.2) is 48.2 Å². The van der Waals surface area contributed by atoms with Gasteiger partial charge in [0.25, 0.3) is 0 Å². The number of ether oxygens (including phenoxy) is 2. The molecule has 2 aromatic rings. The zero-order valence-corrected chi connectivity index (χ0v) is 16.8. The zero-order valence-electron chi connectivity index (χ0n) is 16.8. The van der Waals surface area contributed by atoms with Crippen molar-refractivity contribution in [1.82, 2.24) is 0 Å². The summed E-state index contributed by atoms with van der Waals surface area (Å²) in [6.45, 7) is 1.66. The van der Waals surface area contributed by atoms with E-state index in [1.165, 1.54) is 13.2 Å². The van der Waals surface area contributed by atoms with Crippen molar-refractivity contribution in [1.29, 1.82) is 0 Å². The van der Waals surface area contributed by atoms with Gasteiger partial charge in [-0.05, 0) is 50.5 Å². The second-order valence-electron chi connectivity index (χ2n) is 7.48. The highest BCUT2D eigenvalue weighted by Crippen LogP contribution is 2.49. The Kier molecular flexibility index (Phi) is 5.41. The van der Waals surface area contributed by atoms with E-state index in [1.807, 2.05) is 0 Å². The molecule has 0 amide bonds. The van der Waals surface area contributed by atoms with Crippen molar-refractivity contribution in [2.45, 2.75) is 26.2 Å². The molecule has 0 radical (unpaired) electrons. The maximum atomic E-state index is 15.2. The Morgan fingerprint density at radius 2 is 1.87 bits per heavy atom. The first-order valence-corrected chi connectivity index (χ1v) is 9.89. The predicted octanol–water partition coefficient (Wildman–Crippen LogP) is 4.77. The van der Waals surface area contributed by atoms with Gasteiger partial charge in [-0.25, -0.2) is 9.18 Å². The third-order valence-corrected chi connectivity index (χ3v) is 5.67. The molecule has 4 rings (SSSR count). The second-order valence-corrected chi connectivity index (χ2v) is 7.48. The van der Waals surface area contributed by atoms with E-state index >= 15 is 4.39 Å². The molecule has 152 valence electrons. The summed E-state index contributed by atoms with van der Waals surface area (Å²) in [5.41, 5.74) is 0.975. The molecule has 30 heavy (non-hydrogen) atoms. The fourth-order valence-electron chi connectivity index (χ4n) is 4.30. The highest BCUT2D eigenvalue weighted by atomic mass is 19.1. The van der Waals surface area contributed by atoms with Crippen molar-refractivity contribution < 1.29 is 23.5 Å². The van der Waals surface area contributed by atoms with Crippen molar-refractivity contribution >= 4 is 17.3 Å². The Bertz CT molecular complexity index is 1110. The number of hydrogen-bond acceptors (Lipinski definition) is 4. The number of esters is 1. The fraction of sp³-hybridized carbons (Fsp3) is 0.280. The Hall–Kier alpha value is -3.39. The summed E-state index contributed by atoms with van der Waals surface area (Å²) in [4.78, 5) is 26.0. The number of benzene rings is 2. The van der Waals surface area contributed by atoms with Gasteiger partial charge in [0.2, 0.25) is 0 Å². The van der Waals surface area contributed by atoms with Crippen LogP contribution in [0.2, 0.25) is 0 Å². The van der Waals surface area contributed by atoms with Gasteiger partial charge in [-0.2, -0.15) is 0 Å². The number of ketones is 1. The molecule has 0 aromatic heterocycles. The average Bonchev–Trinajstić information content (AvgIpc) is 3.20. The van der Waals surface area contributed by atoms with Gasteiger partial charge in [-0.1, -0.05) is 24.1 Å². The van der Waals surface area contributed by atoms with Crippen LogP contribution in [0, 0.1) is 29.5 Å². The van der Waals surface area contributed by atoms with E-state index in [1.54, 1.807) is 43.3 Å². The van der Waals surface area contributed by atoms with Gasteiger partial charge in [0.05, 0.1) is 23.8 Å². The Labute approximate surface area is 174 Å². The topological polar surface area (TPSA) is 52.6 Å². The van der Waals surface area contributed by atoms with Gasteiger partial charge < -0.3 is 9.47 Å². The Balaban J connectivity index is 1.87. The lowest BCUT2D eigenvalue weighted by molar-refractivity contribution is -0.117. The van der Waals surface area contributed by atoms with E-state index in [0.29, 0.717) is 24.0 Å². The maximum absolute atomic E-state index is 15.2. The Morgan fingerprint density at radius 1 is 1.13 bits per heavy atom. The van der Waals surface area contributed by atoms with Crippen LogP contribution in [-0.4, -0.2) is 18.9 Å². The molecule has 2 atom stereocenters. The number of methoxy groups -OCH3 is 1. The van der Waals surface area contributed by atoms with Crippen LogP contribution in [0.1, 0.15) is 47.7 Å². The van der Waals surface area contributed by atoms with E-state index in [4.69, 9.17) is 9.47 Å². The van der Waals surface area contributed by atoms with Crippen LogP contribution < -0.4 is 4.74 Å². The summed E-state index contributed by atoms with van der Waals surface area (Å²) in [6.07, 6.45) is 2.03. The number of rotatable bonds is 4. The number of carbonyl (C=O) groups is 2. The van der Waals surface area contributed by atoms with E-state index < -0.39 is 11.8 Å². The largest absolute Gasteiger partial charge is 0.496 e. The molecule has 2 aromatic carbocycles. The average molecular weight is 404 g/mol. The quantitative estimate of drug-likeness (QED) is 0.544. The smallest absolute Gasteiger partial charge is 0.343 e. The van der Waals surface area contributed by atoms with Crippen molar-refractivity contribution in [3.63, 3.8) is 0 Å². The van der Waals surface area contributed by atoms with Crippen molar-refractivity contribution in [2.75, 3.05) is 7.11 Å². The molecule has 2 unspecified atom stereocenters. The van der Waals surface area contributed by atoms with Crippen LogP contribution in [0.5, 0.6) is 5.75 Å². The Morgan fingerprint density at radius 3 is 2.57 bits per heavy atom. The lowest BCUT2D eigenvalue weighted by atomic mass is 9.82. The third-order valence-electron chi connectivity index (χ3n) is 5.67. The first-order valence-electron chi connectivity index (χ1n) is 9.89. The van der Waals surface area contributed by atoms with Crippen molar-refractivity contribution in [2.24, 2.45) is 11.8 Å². The molecule has 2 bridgehead atoms. The third kappa shape index (κ3) is 3.50. The van der Waals surface area contributed by atoms with Gasteiger partial charge in [0.15, 0.2) is 5.78 Å². The van der Waals surface area contributed by atoms with Gasteiger partial charge in [0, 0.05) is 17.4 Å². The van der Waals surface area contributed by atoms with Crippen LogP contribution in [-0.2, 0) is 9.53 Å². The monoisotopic (exact) mass is 404 g/mol. The molecule has 0 aliphatic heterocycles. The number of halogens is 1. The number of fused-ring (bicyclic) bond motifs is 2. The second kappa shape index (κ2) is 8.16. The molecule has 5 heteroatoms. The van der Waals surface area contributed by atoms with Crippen LogP contribution in [0.25, 0.3) is 5.57 Å². The molecule has 1 fully saturated rings. The van der Waals surface area contributed by atoms with E-state index in [9.17, 15) is 9.59 Å². The molecule has 1 saturated carbocycles. The number of Topliss-reactive ketones (excluding diaryl/α,β-unsaturated/α-hetero) is 1. The van der Waals surface area contributed by atoms with Gasteiger partial charge in [-0.3, -0.25) is 4.79 Å². The number of carbonyl (C=O) groups excluding carboxylic acids is 2. The van der Waals surface area contributed by atoms with Crippen LogP contribution >= 0.6 is 0 Å². The summed E-state index contributed by atoms with van der Waals surface area (Å²) in [5.74, 6) is 4.30. The SMILES string of the molecule is CC#Cc1cc(F)c(C2=C(OC(=O)c3ccccc3)C3CCC(C3)C2=O)c(OC)c1. The maximum Gasteiger partial charge on any atom is 0.343 e. The summed E-state index contributed by atoms with van der Waals surface area (Å²) in [7, 11) is 1.42. The highest BCUT2D eigenvalue weighted by molar-refractivity contribution is 6.24. The van der Waals surface area contributed by atoms with Gasteiger partial charge in [-0.15, -0.1) is 5.92 Å². The summed E-state index contributed by atoms with van der Waals surface area (Å²) >= 11 is 0. The zero-order chi connectivity index (χ0) is 21.3. The molecular formula is C25H21FO4. The summed E-state index contributed by atoms with van der Waals surface area (Å²) in [5, 5.41) is 0. The lowest BCUT2D eigenvalue weighted by Gasteiger charge is -2.26. The fourth-order valence-corrected chi connectivity index (χ4v) is 4.30. The minimum Gasteiger partial charge on any atom is -0.496 e. The number of hydrogen-bond donors (Lipinski definition) is 0. The molecule has 2 aliphatic carbocycles. The summed E-state index contributed by atoms with van der Waals surface area (Å²) < 4.78 is 26.4. The predicted molar refractivity (Wildman–Crippen MR) is 110 cm³/mol. The first-order chi connectivity index (χ1) is 14.5. The lowest BCUT2D eigenvalue weighted by Crippen LogP contribution is -2.25. The minimum absolute atomic E-state index is 0.0385. The minimum atomic E-state index is -0.620. The van der Waals surface area contributed by atoms with E-state index in [2.05, 4.69) is 11.8 Å². The molecule has 0 saturated heterocycles. The highest BCUT2D eigenvalue weighted by Gasteiger charge is 2.44. The van der Waals surface area contributed by atoms with Crippen LogP contribution in [0.3, 0.4) is 0 Å². The van der Waals surface area contributed by atoms with Gasteiger partial charge >= 0.3 is 5.97 Å². The van der Waals surface area contributed by atoms with Crippen LogP contribution in [0.4, 0.5) is 4.39 Å².